The van der Waals surface area contributed by atoms with Gasteiger partial charge in [0.15, 0.2) is 0 Å². The van der Waals surface area contributed by atoms with Crippen LogP contribution in [-0.2, 0) is 16.0 Å². The van der Waals surface area contributed by atoms with Crippen LogP contribution in [0.25, 0.3) is 0 Å². The van der Waals surface area contributed by atoms with Gasteiger partial charge in [-0.15, -0.1) is 0 Å². The summed E-state index contributed by atoms with van der Waals surface area (Å²) in [6.07, 6.45) is 2.28. The largest absolute Gasteiger partial charge is 0.343 e. The zero-order valence-corrected chi connectivity index (χ0v) is 13.3. The van der Waals surface area contributed by atoms with Crippen LogP contribution < -0.4 is 10.6 Å². The van der Waals surface area contributed by atoms with Gasteiger partial charge in [-0.2, -0.15) is 0 Å². The second-order valence-electron chi connectivity index (χ2n) is 6.34. The molecule has 0 spiro atoms. The number of nitrogens with one attached hydrogen (secondary N) is 2. The zero-order valence-electron chi connectivity index (χ0n) is 13.3. The molecule has 0 aliphatic carbocycles. The predicted octanol–water partition coefficient (Wildman–Crippen LogP) is 1.20. The Kier molecular flexibility index (Phi) is 4.78. The fourth-order valence-corrected chi connectivity index (χ4v) is 3.27. The van der Waals surface area contributed by atoms with E-state index in [9.17, 15) is 18.8 Å². The molecular weight excluding hydrogens is 313 g/mol. The lowest BCUT2D eigenvalue weighted by atomic mass is 9.90. The molecule has 24 heavy (non-hydrogen) atoms. The highest BCUT2D eigenvalue weighted by Crippen LogP contribution is 2.23. The Balaban J connectivity index is 1.48. The van der Waals surface area contributed by atoms with E-state index in [2.05, 4.69) is 10.6 Å². The van der Waals surface area contributed by atoms with Crippen LogP contribution >= 0.6 is 0 Å². The van der Waals surface area contributed by atoms with Gasteiger partial charge in [0.1, 0.15) is 11.9 Å². The smallest absolute Gasteiger partial charge is 0.322 e. The Bertz CT molecular complexity index is 656. The number of benzene rings is 1. The molecule has 0 radical (unpaired) electrons. The van der Waals surface area contributed by atoms with Crippen LogP contribution in [0.15, 0.2) is 24.3 Å². The average Bonchev–Trinajstić information content (AvgIpc) is 2.88. The van der Waals surface area contributed by atoms with Gasteiger partial charge in [-0.3, -0.25) is 14.9 Å². The first kappa shape index (κ1) is 16.4. The molecule has 4 amide bonds. The van der Waals surface area contributed by atoms with E-state index in [4.69, 9.17) is 0 Å². The second-order valence-corrected chi connectivity index (χ2v) is 6.34. The third-order valence-electron chi connectivity index (χ3n) is 4.67. The van der Waals surface area contributed by atoms with Crippen LogP contribution in [0.1, 0.15) is 24.8 Å². The minimum atomic E-state index is -0.777. The number of carbonyl (C=O) groups is 3. The van der Waals surface area contributed by atoms with E-state index in [0.717, 1.165) is 12.8 Å². The van der Waals surface area contributed by atoms with E-state index in [0.29, 0.717) is 31.0 Å². The molecule has 0 bridgehead atoms. The van der Waals surface area contributed by atoms with Gasteiger partial charge in [0.05, 0.1) is 6.42 Å². The summed E-state index contributed by atoms with van der Waals surface area (Å²) in [5.74, 6) is -0.427. The Morgan fingerprint density at radius 1 is 1.21 bits per heavy atom. The molecule has 1 aromatic rings. The molecule has 7 heteroatoms. The van der Waals surface area contributed by atoms with Gasteiger partial charge in [-0.25, -0.2) is 9.18 Å². The van der Waals surface area contributed by atoms with Gasteiger partial charge in [0, 0.05) is 13.1 Å². The fraction of sp³-hybridized carbons (Fsp3) is 0.471. The van der Waals surface area contributed by atoms with Crippen molar-refractivity contribution in [3.8, 4) is 0 Å². The molecule has 1 aromatic carbocycles. The summed E-state index contributed by atoms with van der Waals surface area (Å²) in [6.45, 7) is 1.19. The summed E-state index contributed by atoms with van der Waals surface area (Å²) in [5.41, 5.74) is 0.715. The SMILES string of the molecule is O=C1NC(=O)[C@H](CC(=O)N2CCC(Cc3ccccc3F)CC2)N1. The molecule has 2 fully saturated rings. The first-order valence-corrected chi connectivity index (χ1v) is 8.15. The molecule has 0 aromatic heterocycles. The third kappa shape index (κ3) is 3.72. The lowest BCUT2D eigenvalue weighted by Gasteiger charge is -2.32. The molecule has 0 unspecified atom stereocenters. The molecule has 2 aliphatic rings. The lowest BCUT2D eigenvalue weighted by Crippen LogP contribution is -2.42. The molecule has 2 N–H and O–H groups in total. The number of piperidine rings is 1. The Morgan fingerprint density at radius 3 is 2.54 bits per heavy atom. The third-order valence-corrected chi connectivity index (χ3v) is 4.67. The standard InChI is InChI=1S/C17H20FN3O3/c18-13-4-2-1-3-12(13)9-11-5-7-21(8-6-11)15(22)10-14-16(23)20-17(24)19-14/h1-4,11,14H,5-10H2,(H2,19,20,23,24)/t14-/m0/s1. The van der Waals surface area contributed by atoms with Crippen LogP contribution in [0.4, 0.5) is 9.18 Å². The molecule has 0 saturated carbocycles. The summed E-state index contributed by atoms with van der Waals surface area (Å²) in [6, 6.07) is 5.45. The van der Waals surface area contributed by atoms with Gasteiger partial charge < -0.3 is 10.2 Å². The van der Waals surface area contributed by atoms with Crippen molar-refractivity contribution in [2.75, 3.05) is 13.1 Å². The summed E-state index contributed by atoms with van der Waals surface area (Å²) < 4.78 is 13.7. The van der Waals surface area contributed by atoms with Crippen molar-refractivity contribution in [2.45, 2.75) is 31.7 Å². The number of hydrogen-bond acceptors (Lipinski definition) is 3. The van der Waals surface area contributed by atoms with Crippen LogP contribution in [0.3, 0.4) is 0 Å². The van der Waals surface area contributed by atoms with Crippen molar-refractivity contribution in [3.05, 3.63) is 35.6 Å². The molecule has 128 valence electrons. The number of carbonyl (C=O) groups excluding carboxylic acids is 3. The highest BCUT2D eigenvalue weighted by molar-refractivity contribution is 6.05. The van der Waals surface area contributed by atoms with E-state index >= 15 is 0 Å². The van der Waals surface area contributed by atoms with Gasteiger partial charge in [-0.05, 0) is 36.8 Å². The van der Waals surface area contributed by atoms with Crippen molar-refractivity contribution in [1.29, 1.82) is 0 Å². The number of hydrogen-bond donors (Lipinski definition) is 2. The van der Waals surface area contributed by atoms with Gasteiger partial charge >= 0.3 is 6.03 Å². The molecule has 1 atom stereocenters. The topological polar surface area (TPSA) is 78.5 Å². The number of urea groups is 1. The van der Waals surface area contributed by atoms with E-state index < -0.39 is 18.0 Å². The summed E-state index contributed by atoms with van der Waals surface area (Å²) in [5, 5.41) is 4.55. The van der Waals surface area contributed by atoms with Gasteiger partial charge in [-0.1, -0.05) is 18.2 Å². The van der Waals surface area contributed by atoms with Crippen LogP contribution in [0.2, 0.25) is 0 Å². The Hall–Kier alpha value is -2.44. The summed E-state index contributed by atoms with van der Waals surface area (Å²) in [4.78, 5) is 36.5. The normalized spacial score (nSPS) is 21.5. The predicted molar refractivity (Wildman–Crippen MR) is 84.5 cm³/mol. The molecule has 2 heterocycles. The maximum atomic E-state index is 13.7. The Morgan fingerprint density at radius 2 is 1.92 bits per heavy atom. The van der Waals surface area contributed by atoms with Gasteiger partial charge in [0.25, 0.3) is 5.91 Å². The van der Waals surface area contributed by atoms with E-state index in [1.165, 1.54) is 6.07 Å². The zero-order chi connectivity index (χ0) is 17.1. The van der Waals surface area contributed by atoms with E-state index in [-0.39, 0.29) is 18.1 Å². The van der Waals surface area contributed by atoms with E-state index in [1.54, 1.807) is 17.0 Å². The minimum Gasteiger partial charge on any atom is -0.343 e. The van der Waals surface area contributed by atoms with Crippen molar-refractivity contribution in [1.82, 2.24) is 15.5 Å². The molecular formula is C17H20FN3O3. The average molecular weight is 333 g/mol. The molecule has 2 aliphatic heterocycles. The second kappa shape index (κ2) is 6.98. The number of amides is 4. The molecule has 3 rings (SSSR count). The highest BCUT2D eigenvalue weighted by Gasteiger charge is 2.33. The number of imide groups is 1. The minimum absolute atomic E-state index is 0.0183. The van der Waals surface area contributed by atoms with Crippen LogP contribution in [0, 0.1) is 11.7 Å². The Labute approximate surface area is 139 Å². The molecule has 2 saturated heterocycles. The lowest BCUT2D eigenvalue weighted by molar-refractivity contribution is -0.135. The first-order valence-electron chi connectivity index (χ1n) is 8.15. The van der Waals surface area contributed by atoms with Crippen molar-refractivity contribution >= 4 is 17.8 Å². The number of rotatable bonds is 4. The number of likely N-dealkylation sites (tertiary alicyclic amines) is 1. The van der Waals surface area contributed by atoms with Crippen LogP contribution in [-0.4, -0.2) is 41.9 Å². The monoisotopic (exact) mass is 333 g/mol. The maximum Gasteiger partial charge on any atom is 0.322 e. The maximum absolute atomic E-state index is 13.7. The van der Waals surface area contributed by atoms with E-state index in [1.807, 2.05) is 6.07 Å². The number of halogens is 1. The van der Waals surface area contributed by atoms with Crippen molar-refractivity contribution < 1.29 is 18.8 Å². The quantitative estimate of drug-likeness (QED) is 0.813. The highest BCUT2D eigenvalue weighted by atomic mass is 19.1. The van der Waals surface area contributed by atoms with Crippen molar-refractivity contribution in [2.24, 2.45) is 5.92 Å². The summed E-state index contributed by atoms with van der Waals surface area (Å²) in [7, 11) is 0. The molecule has 6 nitrogen and oxygen atoms in total. The van der Waals surface area contributed by atoms with Crippen molar-refractivity contribution in [3.63, 3.8) is 0 Å². The van der Waals surface area contributed by atoms with Gasteiger partial charge in [0.2, 0.25) is 5.91 Å². The first-order chi connectivity index (χ1) is 11.5. The van der Waals surface area contributed by atoms with Crippen LogP contribution in [0.5, 0.6) is 0 Å². The number of nitrogens with zero attached hydrogens (tertiary/aromatic N) is 1. The summed E-state index contributed by atoms with van der Waals surface area (Å²) >= 11 is 0. The fourth-order valence-electron chi connectivity index (χ4n) is 3.27.